The first-order valence-corrected chi connectivity index (χ1v) is 13.2. The van der Waals surface area contributed by atoms with E-state index in [2.05, 4.69) is 11.9 Å². The lowest BCUT2D eigenvalue weighted by atomic mass is 9.97. The molecule has 1 aliphatic rings. The number of amides is 1. The topological polar surface area (TPSA) is 90.3 Å². The van der Waals surface area contributed by atoms with Crippen molar-refractivity contribution in [1.82, 2.24) is 9.55 Å². The number of carbonyl (C=O) groups excluding carboxylic acids is 2. The molecule has 10 heteroatoms. The SMILES string of the molecule is C=CCn1c(SCC(=O)Nc2sc(C)c(C)c2C(=O)OC)nc2sc3c(c2c1=O)CCCC3. The van der Waals surface area contributed by atoms with Crippen LogP contribution in [-0.4, -0.2) is 34.3 Å². The van der Waals surface area contributed by atoms with E-state index >= 15 is 0 Å². The van der Waals surface area contributed by atoms with Crippen LogP contribution in [0.25, 0.3) is 10.2 Å². The van der Waals surface area contributed by atoms with Crippen molar-refractivity contribution in [2.75, 3.05) is 18.2 Å². The summed E-state index contributed by atoms with van der Waals surface area (Å²) in [7, 11) is 1.32. The average Bonchev–Trinajstić information content (AvgIpc) is 3.30. The van der Waals surface area contributed by atoms with Crippen LogP contribution in [0.1, 0.15) is 44.1 Å². The maximum atomic E-state index is 13.3. The number of fused-ring (bicyclic) bond motifs is 3. The standard InChI is InChI=1S/C23H25N3O4S3/c1-5-10-26-21(28)18-14-8-6-7-9-15(14)33-20(18)25-23(26)31-11-16(27)24-19-17(22(29)30-4)12(2)13(3)32-19/h5H,1,6-11H2,2-4H3,(H,24,27). The fourth-order valence-electron chi connectivity index (χ4n) is 3.98. The van der Waals surface area contributed by atoms with E-state index in [1.165, 1.54) is 35.1 Å². The molecule has 0 bridgehead atoms. The number of rotatable bonds is 7. The maximum Gasteiger partial charge on any atom is 0.341 e. The maximum absolute atomic E-state index is 13.3. The van der Waals surface area contributed by atoms with Crippen LogP contribution in [0.2, 0.25) is 0 Å². The van der Waals surface area contributed by atoms with Gasteiger partial charge >= 0.3 is 5.97 Å². The Morgan fingerprint density at radius 1 is 1.27 bits per heavy atom. The average molecular weight is 504 g/mol. The predicted octanol–water partition coefficient (Wildman–Crippen LogP) is 4.72. The lowest BCUT2D eigenvalue weighted by Gasteiger charge is -2.12. The molecule has 0 aromatic carbocycles. The molecule has 0 saturated heterocycles. The van der Waals surface area contributed by atoms with Crippen LogP contribution < -0.4 is 10.9 Å². The van der Waals surface area contributed by atoms with Gasteiger partial charge in [0, 0.05) is 16.3 Å². The summed E-state index contributed by atoms with van der Waals surface area (Å²) in [5.74, 6) is -0.707. The summed E-state index contributed by atoms with van der Waals surface area (Å²) >= 11 is 4.14. The highest BCUT2D eigenvalue weighted by atomic mass is 32.2. The van der Waals surface area contributed by atoms with Gasteiger partial charge in [0.25, 0.3) is 5.56 Å². The number of ether oxygens (including phenoxy) is 1. The molecule has 0 fully saturated rings. The van der Waals surface area contributed by atoms with Crippen molar-refractivity contribution in [3.63, 3.8) is 0 Å². The summed E-state index contributed by atoms with van der Waals surface area (Å²) in [6.07, 6.45) is 5.79. The summed E-state index contributed by atoms with van der Waals surface area (Å²) in [6, 6.07) is 0. The molecule has 0 radical (unpaired) electrons. The van der Waals surface area contributed by atoms with E-state index < -0.39 is 5.97 Å². The van der Waals surface area contributed by atoms with Crippen molar-refractivity contribution in [1.29, 1.82) is 0 Å². The van der Waals surface area contributed by atoms with Crippen molar-refractivity contribution >= 4 is 61.5 Å². The number of aryl methyl sites for hydroxylation is 3. The van der Waals surface area contributed by atoms with Crippen LogP contribution >= 0.6 is 34.4 Å². The Balaban J connectivity index is 1.60. The van der Waals surface area contributed by atoms with Crippen LogP contribution in [-0.2, 0) is 28.9 Å². The van der Waals surface area contributed by atoms with Gasteiger partial charge in [0.1, 0.15) is 9.83 Å². The van der Waals surface area contributed by atoms with Crippen LogP contribution in [0, 0.1) is 13.8 Å². The Morgan fingerprint density at radius 3 is 2.76 bits per heavy atom. The van der Waals surface area contributed by atoms with E-state index in [-0.39, 0.29) is 17.2 Å². The number of thioether (sulfide) groups is 1. The van der Waals surface area contributed by atoms with Crippen molar-refractivity contribution in [2.45, 2.75) is 51.2 Å². The smallest absolute Gasteiger partial charge is 0.341 e. The molecule has 1 aliphatic carbocycles. The molecular weight excluding hydrogens is 478 g/mol. The van der Waals surface area contributed by atoms with E-state index in [4.69, 9.17) is 9.72 Å². The van der Waals surface area contributed by atoms with E-state index in [0.717, 1.165) is 51.9 Å². The second-order valence-corrected chi connectivity index (χ2v) is 11.1. The third-order valence-electron chi connectivity index (χ3n) is 5.71. The number of aromatic nitrogens is 2. The highest BCUT2D eigenvalue weighted by molar-refractivity contribution is 7.99. The molecule has 0 atom stereocenters. The highest BCUT2D eigenvalue weighted by Crippen LogP contribution is 2.35. The van der Waals surface area contributed by atoms with Crippen LogP contribution in [0.4, 0.5) is 5.00 Å². The molecule has 3 heterocycles. The largest absolute Gasteiger partial charge is 0.465 e. The first kappa shape index (κ1) is 23.7. The molecule has 0 aliphatic heterocycles. The lowest BCUT2D eigenvalue weighted by molar-refractivity contribution is -0.113. The van der Waals surface area contributed by atoms with Gasteiger partial charge < -0.3 is 10.1 Å². The van der Waals surface area contributed by atoms with E-state index in [1.54, 1.807) is 22.0 Å². The van der Waals surface area contributed by atoms with Gasteiger partial charge in [-0.3, -0.25) is 14.2 Å². The third kappa shape index (κ3) is 4.51. The zero-order chi connectivity index (χ0) is 23.7. The van der Waals surface area contributed by atoms with Gasteiger partial charge in [-0.2, -0.15) is 0 Å². The van der Waals surface area contributed by atoms with Gasteiger partial charge in [0.2, 0.25) is 5.91 Å². The van der Waals surface area contributed by atoms with Crippen LogP contribution in [0.3, 0.4) is 0 Å². The minimum absolute atomic E-state index is 0.0524. The number of methoxy groups -OCH3 is 1. The monoisotopic (exact) mass is 503 g/mol. The van der Waals surface area contributed by atoms with Crippen molar-refractivity contribution in [3.05, 3.63) is 49.5 Å². The van der Waals surface area contributed by atoms with E-state index in [0.29, 0.717) is 22.3 Å². The molecule has 0 spiro atoms. The third-order valence-corrected chi connectivity index (χ3v) is 9.00. The van der Waals surface area contributed by atoms with Gasteiger partial charge in [-0.25, -0.2) is 9.78 Å². The molecule has 3 aromatic heterocycles. The van der Waals surface area contributed by atoms with Crippen molar-refractivity contribution < 1.29 is 14.3 Å². The number of esters is 1. The number of thiophene rings is 2. The fourth-order valence-corrected chi connectivity index (χ4v) is 7.15. The highest BCUT2D eigenvalue weighted by Gasteiger charge is 2.24. The molecule has 33 heavy (non-hydrogen) atoms. The molecule has 0 saturated carbocycles. The fraction of sp³-hybridized carbons (Fsp3) is 0.391. The zero-order valence-electron chi connectivity index (χ0n) is 18.8. The van der Waals surface area contributed by atoms with Crippen molar-refractivity contribution in [3.8, 4) is 0 Å². The molecule has 7 nitrogen and oxygen atoms in total. The Kier molecular flexibility index (Phi) is 7.06. The minimum Gasteiger partial charge on any atom is -0.465 e. The molecule has 0 unspecified atom stereocenters. The van der Waals surface area contributed by atoms with Gasteiger partial charge in [0.05, 0.1) is 23.8 Å². The number of nitrogens with one attached hydrogen (secondary N) is 1. The number of allylic oxidation sites excluding steroid dienone is 1. The van der Waals surface area contributed by atoms with Gasteiger partial charge in [0.15, 0.2) is 5.16 Å². The lowest BCUT2D eigenvalue weighted by Crippen LogP contribution is -2.24. The molecule has 1 N–H and O–H groups in total. The Bertz CT molecular complexity index is 1320. The summed E-state index contributed by atoms with van der Waals surface area (Å²) in [4.78, 5) is 45.9. The van der Waals surface area contributed by atoms with Crippen LogP contribution in [0.5, 0.6) is 0 Å². The number of nitrogens with zero attached hydrogens (tertiary/aromatic N) is 2. The summed E-state index contributed by atoms with van der Waals surface area (Å²) < 4.78 is 6.46. The number of hydrogen-bond acceptors (Lipinski definition) is 8. The van der Waals surface area contributed by atoms with E-state index in [1.807, 2.05) is 13.8 Å². The van der Waals surface area contributed by atoms with Crippen molar-refractivity contribution in [2.24, 2.45) is 0 Å². The van der Waals surface area contributed by atoms with Crippen LogP contribution in [0.15, 0.2) is 22.6 Å². The van der Waals surface area contributed by atoms with Gasteiger partial charge in [-0.1, -0.05) is 17.8 Å². The second kappa shape index (κ2) is 9.82. The first-order valence-electron chi connectivity index (χ1n) is 10.6. The predicted molar refractivity (Wildman–Crippen MR) is 135 cm³/mol. The minimum atomic E-state index is -0.478. The van der Waals surface area contributed by atoms with E-state index in [9.17, 15) is 14.4 Å². The number of carbonyl (C=O) groups is 2. The summed E-state index contributed by atoms with van der Waals surface area (Å²) in [5.41, 5.74) is 2.25. The molecule has 3 aromatic rings. The first-order chi connectivity index (χ1) is 15.8. The summed E-state index contributed by atoms with van der Waals surface area (Å²) in [5, 5.41) is 4.51. The molecule has 4 rings (SSSR count). The second-order valence-electron chi connectivity index (χ2n) is 7.81. The Labute approximate surface area is 203 Å². The molecular formula is C23H25N3O4S3. The zero-order valence-corrected chi connectivity index (χ0v) is 21.2. The Morgan fingerprint density at radius 2 is 2.03 bits per heavy atom. The normalized spacial score (nSPS) is 13.1. The molecule has 1 amide bonds. The Hall–Kier alpha value is -2.43. The number of anilines is 1. The number of hydrogen-bond donors (Lipinski definition) is 1. The summed E-state index contributed by atoms with van der Waals surface area (Å²) in [6.45, 7) is 7.82. The van der Waals surface area contributed by atoms with Gasteiger partial charge in [-0.05, 0) is 50.7 Å². The molecule has 174 valence electrons. The quantitative estimate of drug-likeness (QED) is 0.217. The van der Waals surface area contributed by atoms with Gasteiger partial charge in [-0.15, -0.1) is 29.3 Å².